The average Bonchev–Trinajstić information content (AvgIpc) is 2.10. The topological polar surface area (TPSA) is 0 Å². The normalized spacial score (nSPS) is 10.6. The van der Waals surface area contributed by atoms with E-state index >= 15 is 0 Å². The molecule has 14 heavy (non-hydrogen) atoms. The molecule has 0 heterocycles. The maximum absolute atomic E-state index is 13.4. The summed E-state index contributed by atoms with van der Waals surface area (Å²) in [6.45, 7) is 7.33. The lowest BCUT2D eigenvalue weighted by Crippen LogP contribution is -2.01. The van der Waals surface area contributed by atoms with Crippen molar-refractivity contribution in [1.29, 1.82) is 0 Å². The lowest BCUT2D eigenvalue weighted by molar-refractivity contribution is 0.525. The van der Waals surface area contributed by atoms with Gasteiger partial charge in [-0.2, -0.15) is 0 Å². The maximum atomic E-state index is 13.4. The van der Waals surface area contributed by atoms with Crippen molar-refractivity contribution < 1.29 is 8.78 Å². The van der Waals surface area contributed by atoms with Crippen LogP contribution in [0.1, 0.15) is 25.0 Å². The highest BCUT2D eigenvalue weighted by molar-refractivity contribution is 5.48. The fourth-order valence-corrected chi connectivity index (χ4v) is 1.34. The van der Waals surface area contributed by atoms with Crippen molar-refractivity contribution in [3.63, 3.8) is 0 Å². The molecule has 0 nitrogen and oxygen atoms in total. The van der Waals surface area contributed by atoms with Crippen LogP contribution >= 0.6 is 0 Å². The summed E-state index contributed by atoms with van der Waals surface area (Å²) in [5.74, 6) is -0.712. The number of halogens is 2. The Hall–Kier alpha value is -1.18. The van der Waals surface area contributed by atoms with Crippen molar-refractivity contribution in [2.24, 2.45) is 5.92 Å². The third kappa shape index (κ3) is 2.41. The molecule has 1 aromatic rings. The quantitative estimate of drug-likeness (QED) is 0.689. The van der Waals surface area contributed by atoms with Crippen molar-refractivity contribution in [3.05, 3.63) is 41.5 Å². The van der Waals surface area contributed by atoms with Crippen LogP contribution in [-0.4, -0.2) is 0 Å². The molecule has 0 amide bonds. The van der Waals surface area contributed by atoms with Gasteiger partial charge in [-0.25, -0.2) is 8.78 Å². The molecular weight excluding hydrogens is 182 g/mol. The second-order valence-electron chi connectivity index (χ2n) is 3.77. The second kappa shape index (κ2) is 4.36. The van der Waals surface area contributed by atoms with Crippen molar-refractivity contribution in [2.45, 2.75) is 20.3 Å². The minimum Gasteiger partial charge on any atom is -0.207 e. The third-order valence-corrected chi connectivity index (χ3v) is 2.01. The molecule has 0 spiro atoms. The minimum atomic E-state index is -0.478. The molecule has 2 heteroatoms. The Bertz CT molecular complexity index is 317. The summed E-state index contributed by atoms with van der Waals surface area (Å²) >= 11 is 0. The van der Waals surface area contributed by atoms with E-state index in [9.17, 15) is 8.78 Å². The first kappa shape index (κ1) is 10.9. The molecule has 0 atom stereocenters. The molecule has 0 aromatic heterocycles. The summed E-state index contributed by atoms with van der Waals surface area (Å²) in [5, 5.41) is 0. The molecule has 0 N–H and O–H groups in total. The summed E-state index contributed by atoms with van der Waals surface area (Å²) in [6, 6.07) is 2.63. The van der Waals surface area contributed by atoms with Gasteiger partial charge in [-0.15, -0.1) is 0 Å². The Labute approximate surface area is 83.3 Å². The SMILES string of the molecule is C=Cc1cc(F)c(CC(C)C)c(F)c1. The van der Waals surface area contributed by atoms with E-state index in [1.54, 1.807) is 0 Å². The first-order chi connectivity index (χ1) is 6.54. The molecule has 76 valence electrons. The maximum Gasteiger partial charge on any atom is 0.129 e. The zero-order chi connectivity index (χ0) is 10.7. The molecular formula is C12H14F2. The number of hydrogen-bond donors (Lipinski definition) is 0. The standard InChI is InChI=1S/C12H14F2/c1-4-9-6-11(13)10(5-8(2)3)12(14)7-9/h4,6-8H,1,5H2,2-3H3. The van der Waals surface area contributed by atoms with Crippen molar-refractivity contribution in [2.75, 3.05) is 0 Å². The molecule has 1 rings (SSSR count). The van der Waals surface area contributed by atoms with E-state index < -0.39 is 11.6 Å². The van der Waals surface area contributed by atoms with Crippen LogP contribution in [0.5, 0.6) is 0 Å². The molecule has 0 saturated carbocycles. The fourth-order valence-electron chi connectivity index (χ4n) is 1.34. The molecule has 1 aromatic carbocycles. The van der Waals surface area contributed by atoms with Gasteiger partial charge in [-0.05, 0) is 30.0 Å². The Balaban J connectivity index is 3.11. The first-order valence-electron chi connectivity index (χ1n) is 4.65. The third-order valence-electron chi connectivity index (χ3n) is 2.01. The highest BCUT2D eigenvalue weighted by Crippen LogP contribution is 2.19. The van der Waals surface area contributed by atoms with Crippen molar-refractivity contribution in [3.8, 4) is 0 Å². The van der Waals surface area contributed by atoms with Gasteiger partial charge in [0, 0.05) is 5.56 Å². The smallest absolute Gasteiger partial charge is 0.129 e. The van der Waals surface area contributed by atoms with Gasteiger partial charge in [0.25, 0.3) is 0 Å². The molecule has 0 aliphatic heterocycles. The monoisotopic (exact) mass is 196 g/mol. The van der Waals surface area contributed by atoms with E-state index in [1.807, 2.05) is 13.8 Å². The molecule has 0 aliphatic carbocycles. The van der Waals surface area contributed by atoms with Gasteiger partial charge in [0.2, 0.25) is 0 Å². The van der Waals surface area contributed by atoms with Crippen LogP contribution in [0.3, 0.4) is 0 Å². The zero-order valence-electron chi connectivity index (χ0n) is 8.48. The van der Waals surface area contributed by atoms with Gasteiger partial charge < -0.3 is 0 Å². The van der Waals surface area contributed by atoms with Crippen LogP contribution in [0.25, 0.3) is 6.08 Å². The van der Waals surface area contributed by atoms with E-state index in [-0.39, 0.29) is 11.5 Å². The number of benzene rings is 1. The highest BCUT2D eigenvalue weighted by Gasteiger charge is 2.11. The van der Waals surface area contributed by atoms with Gasteiger partial charge >= 0.3 is 0 Å². The predicted molar refractivity (Wildman–Crippen MR) is 55.0 cm³/mol. The minimum absolute atomic E-state index is 0.172. The van der Waals surface area contributed by atoms with E-state index in [4.69, 9.17) is 0 Å². The predicted octanol–water partition coefficient (Wildman–Crippen LogP) is 3.81. The van der Waals surface area contributed by atoms with E-state index in [0.29, 0.717) is 12.0 Å². The molecule has 0 aliphatic rings. The molecule has 0 bridgehead atoms. The zero-order valence-corrected chi connectivity index (χ0v) is 8.48. The Morgan fingerprint density at radius 1 is 1.29 bits per heavy atom. The van der Waals surface area contributed by atoms with Crippen LogP contribution in [0, 0.1) is 17.6 Å². The highest BCUT2D eigenvalue weighted by atomic mass is 19.1. The fraction of sp³-hybridized carbons (Fsp3) is 0.333. The largest absolute Gasteiger partial charge is 0.207 e. The van der Waals surface area contributed by atoms with Crippen LogP contribution < -0.4 is 0 Å². The van der Waals surface area contributed by atoms with E-state index in [2.05, 4.69) is 6.58 Å². The van der Waals surface area contributed by atoms with Gasteiger partial charge in [0.05, 0.1) is 0 Å². The summed E-state index contributed by atoms with van der Waals surface area (Å²) in [7, 11) is 0. The lowest BCUT2D eigenvalue weighted by Gasteiger charge is -2.08. The molecule has 0 unspecified atom stereocenters. The summed E-state index contributed by atoms with van der Waals surface area (Å²) in [6.07, 6.45) is 1.86. The summed E-state index contributed by atoms with van der Waals surface area (Å²) < 4.78 is 26.7. The Morgan fingerprint density at radius 3 is 2.14 bits per heavy atom. The number of hydrogen-bond acceptors (Lipinski definition) is 0. The van der Waals surface area contributed by atoms with Gasteiger partial charge in [-0.1, -0.05) is 26.5 Å². The number of rotatable bonds is 3. The van der Waals surface area contributed by atoms with Crippen LogP contribution in [0.15, 0.2) is 18.7 Å². The van der Waals surface area contributed by atoms with Crippen LogP contribution in [0.4, 0.5) is 8.78 Å². The van der Waals surface area contributed by atoms with E-state index in [1.165, 1.54) is 18.2 Å². The van der Waals surface area contributed by atoms with Gasteiger partial charge in [0.15, 0.2) is 0 Å². The molecule has 0 radical (unpaired) electrons. The molecule has 0 saturated heterocycles. The molecule has 0 fully saturated rings. The van der Waals surface area contributed by atoms with Crippen LogP contribution in [-0.2, 0) is 6.42 Å². The summed E-state index contributed by atoms with van der Waals surface area (Å²) in [5.41, 5.74) is 0.651. The van der Waals surface area contributed by atoms with Crippen LogP contribution in [0.2, 0.25) is 0 Å². The van der Waals surface area contributed by atoms with Gasteiger partial charge in [0.1, 0.15) is 11.6 Å². The summed E-state index contributed by atoms with van der Waals surface area (Å²) in [4.78, 5) is 0. The van der Waals surface area contributed by atoms with Gasteiger partial charge in [-0.3, -0.25) is 0 Å². The Kier molecular flexibility index (Phi) is 3.39. The van der Waals surface area contributed by atoms with Crippen molar-refractivity contribution >= 4 is 6.08 Å². The Morgan fingerprint density at radius 2 is 1.79 bits per heavy atom. The van der Waals surface area contributed by atoms with Crippen molar-refractivity contribution in [1.82, 2.24) is 0 Å². The average molecular weight is 196 g/mol. The second-order valence-corrected chi connectivity index (χ2v) is 3.77. The van der Waals surface area contributed by atoms with E-state index in [0.717, 1.165) is 0 Å². The lowest BCUT2D eigenvalue weighted by atomic mass is 10.0. The first-order valence-corrected chi connectivity index (χ1v) is 4.65.